The number of nitrogens with one attached hydrogen (secondary N) is 1. The third-order valence-corrected chi connectivity index (χ3v) is 4.90. The molecule has 1 aliphatic heterocycles. The summed E-state index contributed by atoms with van der Waals surface area (Å²) in [5.74, 6) is 0. The summed E-state index contributed by atoms with van der Waals surface area (Å²) in [6.07, 6.45) is 2.09. The summed E-state index contributed by atoms with van der Waals surface area (Å²) in [5, 5.41) is 5.11. The van der Waals surface area contributed by atoms with Gasteiger partial charge in [0.1, 0.15) is 0 Å². The monoisotopic (exact) mass is 355 g/mol. The summed E-state index contributed by atoms with van der Waals surface area (Å²) >= 11 is 15.5. The molecule has 1 N–H and O–H groups in total. The van der Waals surface area contributed by atoms with Crippen molar-refractivity contribution in [2.24, 2.45) is 0 Å². The largest absolute Gasteiger partial charge is 0.378 e. The second-order valence-corrected chi connectivity index (χ2v) is 6.41. The summed E-state index contributed by atoms with van der Waals surface area (Å²) < 4.78 is 0.928. The zero-order valence-corrected chi connectivity index (χ0v) is 13.2. The SMILES string of the molecule is Clc1ccc(C2CCc3cc(Cl)c(Br)cc3N2)cc1. The van der Waals surface area contributed by atoms with Crippen LogP contribution in [0.3, 0.4) is 0 Å². The van der Waals surface area contributed by atoms with Gasteiger partial charge in [-0.05, 0) is 64.2 Å². The smallest absolute Gasteiger partial charge is 0.0552 e. The topological polar surface area (TPSA) is 12.0 Å². The van der Waals surface area contributed by atoms with Crippen molar-refractivity contribution in [2.75, 3.05) is 5.32 Å². The van der Waals surface area contributed by atoms with Crippen molar-refractivity contribution in [1.29, 1.82) is 0 Å². The van der Waals surface area contributed by atoms with Gasteiger partial charge < -0.3 is 5.32 Å². The third kappa shape index (κ3) is 2.76. The molecule has 19 heavy (non-hydrogen) atoms. The zero-order valence-electron chi connectivity index (χ0n) is 10.1. The molecule has 0 saturated carbocycles. The van der Waals surface area contributed by atoms with E-state index in [0.717, 1.165) is 33.0 Å². The molecule has 2 aromatic rings. The predicted octanol–water partition coefficient (Wildman–Crippen LogP) is 5.86. The minimum absolute atomic E-state index is 0.331. The third-order valence-electron chi connectivity index (χ3n) is 3.45. The van der Waals surface area contributed by atoms with Crippen LogP contribution in [0.5, 0.6) is 0 Å². The molecule has 0 aromatic heterocycles. The highest BCUT2D eigenvalue weighted by Gasteiger charge is 2.20. The molecule has 1 nitrogen and oxygen atoms in total. The van der Waals surface area contributed by atoms with Crippen LogP contribution in [-0.4, -0.2) is 0 Å². The lowest BCUT2D eigenvalue weighted by atomic mass is 9.93. The number of rotatable bonds is 1. The van der Waals surface area contributed by atoms with Crippen LogP contribution in [-0.2, 0) is 6.42 Å². The maximum atomic E-state index is 6.13. The number of aryl methyl sites for hydroxylation is 1. The van der Waals surface area contributed by atoms with Gasteiger partial charge in [0.15, 0.2) is 0 Å². The highest BCUT2D eigenvalue weighted by atomic mass is 79.9. The van der Waals surface area contributed by atoms with Gasteiger partial charge >= 0.3 is 0 Å². The van der Waals surface area contributed by atoms with Crippen LogP contribution in [0.4, 0.5) is 5.69 Å². The average Bonchev–Trinajstić information content (AvgIpc) is 2.40. The number of benzene rings is 2. The standard InChI is InChI=1S/C15H12BrCl2N/c16-12-8-15-10(7-13(12)18)3-6-14(19-15)9-1-4-11(17)5-2-9/h1-2,4-5,7-8,14,19H,3,6H2. The molecule has 0 aliphatic carbocycles. The fraction of sp³-hybridized carbons (Fsp3) is 0.200. The van der Waals surface area contributed by atoms with E-state index in [1.807, 2.05) is 18.2 Å². The molecule has 0 fully saturated rings. The highest BCUT2D eigenvalue weighted by Crippen LogP contribution is 2.37. The molecular formula is C15H12BrCl2N. The minimum Gasteiger partial charge on any atom is -0.378 e. The Hall–Kier alpha value is -0.700. The number of fused-ring (bicyclic) bond motifs is 1. The van der Waals surface area contributed by atoms with Crippen molar-refractivity contribution in [3.8, 4) is 0 Å². The molecule has 0 spiro atoms. The lowest BCUT2D eigenvalue weighted by Gasteiger charge is -2.28. The fourth-order valence-corrected chi connectivity index (χ4v) is 3.09. The zero-order chi connectivity index (χ0) is 13.4. The molecule has 98 valence electrons. The van der Waals surface area contributed by atoms with Crippen LogP contribution in [0.1, 0.15) is 23.6 Å². The van der Waals surface area contributed by atoms with E-state index in [9.17, 15) is 0 Å². The Morgan fingerprint density at radius 3 is 2.58 bits per heavy atom. The van der Waals surface area contributed by atoms with Gasteiger partial charge in [-0.25, -0.2) is 0 Å². The van der Waals surface area contributed by atoms with E-state index in [2.05, 4.69) is 39.4 Å². The molecule has 1 unspecified atom stereocenters. The molecule has 0 bridgehead atoms. The van der Waals surface area contributed by atoms with E-state index in [1.165, 1.54) is 11.1 Å². The second-order valence-electron chi connectivity index (χ2n) is 4.71. The Morgan fingerprint density at radius 1 is 1.11 bits per heavy atom. The Kier molecular flexibility index (Phi) is 3.75. The Morgan fingerprint density at radius 2 is 1.84 bits per heavy atom. The van der Waals surface area contributed by atoms with Crippen LogP contribution < -0.4 is 5.32 Å². The quantitative estimate of drug-likeness (QED) is 0.675. The first-order chi connectivity index (χ1) is 9.13. The minimum atomic E-state index is 0.331. The van der Waals surface area contributed by atoms with E-state index in [0.29, 0.717) is 6.04 Å². The van der Waals surface area contributed by atoms with Crippen molar-refractivity contribution < 1.29 is 0 Å². The summed E-state index contributed by atoms with van der Waals surface area (Å²) in [7, 11) is 0. The average molecular weight is 357 g/mol. The van der Waals surface area contributed by atoms with Crippen molar-refractivity contribution in [3.05, 3.63) is 62.0 Å². The van der Waals surface area contributed by atoms with Crippen LogP contribution in [0.25, 0.3) is 0 Å². The van der Waals surface area contributed by atoms with Crippen molar-refractivity contribution in [2.45, 2.75) is 18.9 Å². The van der Waals surface area contributed by atoms with Crippen molar-refractivity contribution in [3.63, 3.8) is 0 Å². The molecule has 1 atom stereocenters. The first-order valence-corrected chi connectivity index (χ1v) is 7.68. The molecule has 1 heterocycles. The number of anilines is 1. The Bertz CT molecular complexity index is 610. The summed E-state index contributed by atoms with van der Waals surface area (Å²) in [6.45, 7) is 0. The number of hydrogen-bond acceptors (Lipinski definition) is 1. The van der Waals surface area contributed by atoms with Gasteiger partial charge in [-0.15, -0.1) is 0 Å². The number of halogens is 3. The first kappa shape index (κ1) is 13.3. The highest BCUT2D eigenvalue weighted by molar-refractivity contribution is 9.10. The van der Waals surface area contributed by atoms with Gasteiger partial charge in [0, 0.05) is 15.2 Å². The molecular weight excluding hydrogens is 345 g/mol. The summed E-state index contributed by atoms with van der Waals surface area (Å²) in [5.41, 5.74) is 3.70. The van der Waals surface area contributed by atoms with Gasteiger partial charge in [0.05, 0.1) is 11.1 Å². The second kappa shape index (κ2) is 5.35. The maximum Gasteiger partial charge on any atom is 0.0552 e. The molecule has 2 aromatic carbocycles. The van der Waals surface area contributed by atoms with Crippen LogP contribution in [0.2, 0.25) is 10.0 Å². The van der Waals surface area contributed by atoms with Gasteiger partial charge in [-0.2, -0.15) is 0 Å². The fourth-order valence-electron chi connectivity index (χ4n) is 2.43. The van der Waals surface area contributed by atoms with E-state index in [-0.39, 0.29) is 0 Å². The number of hydrogen-bond donors (Lipinski definition) is 1. The molecule has 0 radical (unpaired) electrons. The van der Waals surface area contributed by atoms with Crippen LogP contribution in [0.15, 0.2) is 40.9 Å². The summed E-state index contributed by atoms with van der Waals surface area (Å²) in [4.78, 5) is 0. The van der Waals surface area contributed by atoms with E-state index in [4.69, 9.17) is 23.2 Å². The first-order valence-electron chi connectivity index (χ1n) is 6.13. The molecule has 3 rings (SSSR count). The Balaban J connectivity index is 1.89. The van der Waals surface area contributed by atoms with Gasteiger partial charge in [0.2, 0.25) is 0 Å². The Labute approximate surface area is 131 Å². The van der Waals surface area contributed by atoms with Gasteiger partial charge in [-0.1, -0.05) is 35.3 Å². The predicted molar refractivity (Wildman–Crippen MR) is 85.3 cm³/mol. The van der Waals surface area contributed by atoms with E-state index >= 15 is 0 Å². The van der Waals surface area contributed by atoms with E-state index in [1.54, 1.807) is 0 Å². The molecule has 0 saturated heterocycles. The lowest BCUT2D eigenvalue weighted by molar-refractivity contribution is 0.668. The normalized spacial score (nSPS) is 17.7. The van der Waals surface area contributed by atoms with Crippen molar-refractivity contribution >= 4 is 44.8 Å². The van der Waals surface area contributed by atoms with Crippen LogP contribution >= 0.6 is 39.1 Å². The summed E-state index contributed by atoms with van der Waals surface area (Å²) in [6, 6.07) is 12.5. The van der Waals surface area contributed by atoms with E-state index < -0.39 is 0 Å². The van der Waals surface area contributed by atoms with Crippen molar-refractivity contribution in [1.82, 2.24) is 0 Å². The lowest BCUT2D eigenvalue weighted by Crippen LogP contribution is -2.18. The molecule has 1 aliphatic rings. The van der Waals surface area contributed by atoms with Gasteiger partial charge in [0.25, 0.3) is 0 Å². The molecule has 4 heteroatoms. The molecule has 0 amide bonds. The van der Waals surface area contributed by atoms with Crippen LogP contribution in [0, 0.1) is 0 Å². The van der Waals surface area contributed by atoms with Gasteiger partial charge in [-0.3, -0.25) is 0 Å². The maximum absolute atomic E-state index is 6.13.